The summed E-state index contributed by atoms with van der Waals surface area (Å²) in [6.45, 7) is 0. The Hall–Kier alpha value is -4.23. The molecule has 0 saturated heterocycles. The van der Waals surface area contributed by atoms with Crippen molar-refractivity contribution in [2.75, 3.05) is 32.0 Å². The topological polar surface area (TPSA) is 81.7 Å². The molecule has 4 aromatic rings. The first kappa shape index (κ1) is 27.8. The van der Waals surface area contributed by atoms with Gasteiger partial charge in [0.15, 0.2) is 0 Å². The first-order chi connectivity index (χ1) is 18.6. The highest BCUT2D eigenvalue weighted by molar-refractivity contribution is 6.04. The van der Waals surface area contributed by atoms with E-state index in [2.05, 4.69) is 10.6 Å². The summed E-state index contributed by atoms with van der Waals surface area (Å²) in [6.07, 6.45) is 7.37. The number of hydrogen-bond acceptors (Lipinski definition) is 6. The van der Waals surface area contributed by atoms with E-state index < -0.39 is 0 Å². The monoisotopic (exact) mass is 545 g/mol. The Morgan fingerprint density at radius 1 is 0.897 bits per heavy atom. The van der Waals surface area contributed by atoms with E-state index in [0.717, 1.165) is 65.0 Å². The van der Waals surface area contributed by atoms with Crippen molar-refractivity contribution < 1.29 is 19.0 Å². The van der Waals surface area contributed by atoms with E-state index in [1.165, 1.54) is 11.6 Å². The van der Waals surface area contributed by atoms with Crippen LogP contribution in [0, 0.1) is 0 Å². The molecule has 1 amide bonds. The van der Waals surface area contributed by atoms with Crippen molar-refractivity contribution in [3.63, 3.8) is 0 Å². The number of halogens is 1. The minimum Gasteiger partial charge on any atom is -0.497 e. The van der Waals surface area contributed by atoms with Crippen molar-refractivity contribution in [2.24, 2.45) is 0 Å². The minimum atomic E-state index is -0.251. The molecule has 0 atom stereocenters. The number of benzene rings is 3. The molecule has 0 aliphatic heterocycles. The Morgan fingerprint density at radius 3 is 2.49 bits per heavy atom. The first-order valence-corrected chi connectivity index (χ1v) is 12.7. The highest BCUT2D eigenvalue weighted by Gasteiger charge is 2.20. The Morgan fingerprint density at radius 2 is 1.69 bits per heavy atom. The highest BCUT2D eigenvalue weighted by atomic mass is 35.5. The predicted octanol–water partition coefficient (Wildman–Crippen LogP) is 6.96. The SMILES string of the molecule is COc1ccc(OC)c(/C=C/C(=O)Nc2ccc3nc4c(c(Nc5ccccc5OC)c3c2)CCCC4)c1.Cl. The number of rotatable bonds is 8. The Bertz CT molecular complexity index is 1520. The lowest BCUT2D eigenvalue weighted by Crippen LogP contribution is -2.11. The van der Waals surface area contributed by atoms with E-state index in [4.69, 9.17) is 19.2 Å². The summed E-state index contributed by atoms with van der Waals surface area (Å²) >= 11 is 0. The van der Waals surface area contributed by atoms with Crippen molar-refractivity contribution in [1.82, 2.24) is 4.98 Å². The van der Waals surface area contributed by atoms with Crippen LogP contribution in [-0.2, 0) is 17.6 Å². The standard InChI is InChI=1S/C31H31N3O4.ClH/c1-36-22-14-16-28(37-2)20(18-22)12-17-30(35)32-21-13-15-26-24(19-21)31(23-8-4-5-9-25(23)33-26)34-27-10-6-7-11-29(27)38-3;/h6-7,10-19H,4-5,8-9H2,1-3H3,(H,32,35)(H,33,34);1H/b17-12+;. The van der Waals surface area contributed by atoms with Gasteiger partial charge in [-0.2, -0.15) is 0 Å². The number of carbonyl (C=O) groups is 1. The molecule has 202 valence electrons. The predicted molar refractivity (Wildman–Crippen MR) is 159 cm³/mol. The molecule has 7 nitrogen and oxygen atoms in total. The number of hydrogen-bond donors (Lipinski definition) is 2. The van der Waals surface area contributed by atoms with Crippen LogP contribution in [0.1, 0.15) is 29.7 Å². The zero-order valence-electron chi connectivity index (χ0n) is 22.2. The van der Waals surface area contributed by atoms with Crippen molar-refractivity contribution in [3.05, 3.63) is 83.6 Å². The molecule has 1 heterocycles. The van der Waals surface area contributed by atoms with Crippen LogP contribution in [0.2, 0.25) is 0 Å². The molecule has 1 aromatic heterocycles. The average Bonchev–Trinajstić information content (AvgIpc) is 2.96. The van der Waals surface area contributed by atoms with E-state index in [9.17, 15) is 4.79 Å². The highest BCUT2D eigenvalue weighted by Crippen LogP contribution is 2.38. The van der Waals surface area contributed by atoms with Gasteiger partial charge < -0.3 is 24.8 Å². The maximum absolute atomic E-state index is 12.9. The van der Waals surface area contributed by atoms with Crippen molar-refractivity contribution in [1.29, 1.82) is 0 Å². The van der Waals surface area contributed by atoms with Crippen LogP contribution in [0.15, 0.2) is 66.7 Å². The van der Waals surface area contributed by atoms with E-state index in [1.54, 1.807) is 27.4 Å². The van der Waals surface area contributed by atoms with Crippen LogP contribution >= 0.6 is 12.4 Å². The summed E-state index contributed by atoms with van der Waals surface area (Å²) in [4.78, 5) is 17.8. The third-order valence-electron chi connectivity index (χ3n) is 6.75. The van der Waals surface area contributed by atoms with E-state index in [1.807, 2.05) is 60.7 Å². The molecule has 0 saturated carbocycles. The van der Waals surface area contributed by atoms with Crippen LogP contribution < -0.4 is 24.8 Å². The average molecular weight is 546 g/mol. The second-order valence-corrected chi connectivity index (χ2v) is 9.11. The molecule has 39 heavy (non-hydrogen) atoms. The number of aromatic nitrogens is 1. The molecule has 5 rings (SSSR count). The molecular weight excluding hydrogens is 514 g/mol. The normalized spacial score (nSPS) is 12.4. The number of carbonyl (C=O) groups excluding carboxylic acids is 1. The van der Waals surface area contributed by atoms with Gasteiger partial charge in [-0.15, -0.1) is 12.4 Å². The van der Waals surface area contributed by atoms with Gasteiger partial charge in [-0.05, 0) is 85.9 Å². The quantitative estimate of drug-likeness (QED) is 0.233. The minimum absolute atomic E-state index is 0. The summed E-state index contributed by atoms with van der Waals surface area (Å²) in [5.41, 5.74) is 6.58. The number of fused-ring (bicyclic) bond motifs is 2. The van der Waals surface area contributed by atoms with Crippen LogP contribution in [0.5, 0.6) is 17.2 Å². The van der Waals surface area contributed by atoms with Gasteiger partial charge in [-0.25, -0.2) is 0 Å². The number of methoxy groups -OCH3 is 3. The van der Waals surface area contributed by atoms with E-state index >= 15 is 0 Å². The number of aryl methyl sites for hydroxylation is 1. The number of nitrogens with zero attached hydrogens (tertiary/aromatic N) is 1. The second kappa shape index (κ2) is 12.5. The maximum atomic E-state index is 12.9. The molecule has 0 fully saturated rings. The number of pyridine rings is 1. The third kappa shape index (κ3) is 6.10. The summed E-state index contributed by atoms with van der Waals surface area (Å²) in [5.74, 6) is 1.86. The molecule has 0 spiro atoms. The van der Waals surface area contributed by atoms with Crippen molar-refractivity contribution in [2.45, 2.75) is 25.7 Å². The van der Waals surface area contributed by atoms with Gasteiger partial charge in [0.05, 0.1) is 38.2 Å². The van der Waals surface area contributed by atoms with E-state index in [-0.39, 0.29) is 18.3 Å². The fourth-order valence-corrected chi connectivity index (χ4v) is 4.85. The number of anilines is 3. The molecule has 0 unspecified atom stereocenters. The zero-order valence-corrected chi connectivity index (χ0v) is 23.1. The molecule has 2 N–H and O–H groups in total. The lowest BCUT2D eigenvalue weighted by Gasteiger charge is -2.22. The second-order valence-electron chi connectivity index (χ2n) is 9.11. The third-order valence-corrected chi connectivity index (χ3v) is 6.75. The van der Waals surface area contributed by atoms with Gasteiger partial charge in [0.25, 0.3) is 0 Å². The Balaban J connectivity index is 0.00000353. The number of para-hydroxylation sites is 2. The summed E-state index contributed by atoms with van der Waals surface area (Å²) in [5, 5.41) is 7.57. The molecular formula is C31H32ClN3O4. The number of ether oxygens (including phenoxy) is 3. The van der Waals surface area contributed by atoms with Crippen LogP contribution in [0.25, 0.3) is 17.0 Å². The fraction of sp³-hybridized carbons (Fsp3) is 0.226. The largest absolute Gasteiger partial charge is 0.497 e. The van der Waals surface area contributed by atoms with Gasteiger partial charge >= 0.3 is 0 Å². The van der Waals surface area contributed by atoms with Gasteiger partial charge in [0.2, 0.25) is 5.91 Å². The zero-order chi connectivity index (χ0) is 26.5. The molecule has 0 bridgehead atoms. The van der Waals surface area contributed by atoms with Gasteiger partial charge in [-0.3, -0.25) is 9.78 Å². The number of amides is 1. The Labute approximate surface area is 234 Å². The summed E-state index contributed by atoms with van der Waals surface area (Å²) in [6, 6.07) is 19.1. The number of nitrogens with one attached hydrogen (secondary N) is 2. The smallest absolute Gasteiger partial charge is 0.248 e. The Kier molecular flexibility index (Phi) is 8.94. The van der Waals surface area contributed by atoms with Crippen LogP contribution in [-0.4, -0.2) is 32.2 Å². The van der Waals surface area contributed by atoms with Crippen molar-refractivity contribution in [3.8, 4) is 17.2 Å². The maximum Gasteiger partial charge on any atom is 0.248 e. The lowest BCUT2D eigenvalue weighted by atomic mass is 9.92. The van der Waals surface area contributed by atoms with Crippen LogP contribution in [0.3, 0.4) is 0 Å². The lowest BCUT2D eigenvalue weighted by molar-refractivity contribution is -0.111. The molecule has 8 heteroatoms. The van der Waals surface area contributed by atoms with Gasteiger partial charge in [0, 0.05) is 28.4 Å². The van der Waals surface area contributed by atoms with Crippen LogP contribution in [0.4, 0.5) is 17.1 Å². The molecule has 1 aliphatic carbocycles. The molecule has 1 aliphatic rings. The molecule has 0 radical (unpaired) electrons. The molecule has 3 aromatic carbocycles. The van der Waals surface area contributed by atoms with E-state index in [0.29, 0.717) is 17.2 Å². The van der Waals surface area contributed by atoms with Gasteiger partial charge in [0.1, 0.15) is 17.2 Å². The fourth-order valence-electron chi connectivity index (χ4n) is 4.85. The first-order valence-electron chi connectivity index (χ1n) is 12.7. The van der Waals surface area contributed by atoms with Crippen molar-refractivity contribution >= 4 is 52.4 Å². The summed E-state index contributed by atoms with van der Waals surface area (Å²) < 4.78 is 16.3. The summed E-state index contributed by atoms with van der Waals surface area (Å²) in [7, 11) is 4.87. The van der Waals surface area contributed by atoms with Gasteiger partial charge in [-0.1, -0.05) is 12.1 Å².